The molecule has 0 radical (unpaired) electrons. The van der Waals surface area contributed by atoms with E-state index in [0.717, 1.165) is 5.70 Å². The Bertz CT molecular complexity index is 238. The molecule has 1 heterocycles. The second kappa shape index (κ2) is 2.29. The maximum Gasteiger partial charge on any atom is 0.159 e. The molecular weight excluding hydrogens is 158 g/mol. The fraction of sp³-hybridized carbons (Fsp3) is 0.625. The van der Waals surface area contributed by atoms with Gasteiger partial charge in [0.25, 0.3) is 0 Å². The smallest absolute Gasteiger partial charge is 0.159 e. The lowest BCUT2D eigenvalue weighted by molar-refractivity contribution is -0.546. The summed E-state index contributed by atoms with van der Waals surface area (Å²) in [5.41, 5.74) is -0.322. The average molecular weight is 171 g/mol. The second-order valence-electron chi connectivity index (χ2n) is 3.39. The van der Waals surface area contributed by atoms with Gasteiger partial charge in [0.2, 0.25) is 0 Å². The summed E-state index contributed by atoms with van der Waals surface area (Å²) in [6, 6.07) is 0. The van der Waals surface area contributed by atoms with Crippen molar-refractivity contribution in [3.05, 3.63) is 18.8 Å². The summed E-state index contributed by atoms with van der Waals surface area (Å²) in [6.07, 6.45) is 0.543. The van der Waals surface area contributed by atoms with Crippen LogP contribution < -0.4 is 5.32 Å². The zero-order valence-electron chi connectivity index (χ0n) is 6.90. The lowest BCUT2D eigenvalue weighted by Gasteiger charge is -2.23. The Balaban J connectivity index is 2.25. The number of aliphatic hydroxyl groups is 2. The Labute approximate surface area is 70.8 Å². The highest BCUT2D eigenvalue weighted by Crippen LogP contribution is 2.44. The first-order valence-electron chi connectivity index (χ1n) is 4.00. The van der Waals surface area contributed by atoms with Gasteiger partial charge in [-0.05, 0) is 6.92 Å². The Hall–Kier alpha value is -0.420. The van der Waals surface area contributed by atoms with Gasteiger partial charge >= 0.3 is 0 Å². The first-order valence-corrected chi connectivity index (χ1v) is 4.00. The summed E-state index contributed by atoms with van der Waals surface area (Å²) < 4.78 is 5.18. The van der Waals surface area contributed by atoms with Crippen LogP contribution in [0.4, 0.5) is 0 Å². The first kappa shape index (κ1) is 8.19. The van der Waals surface area contributed by atoms with E-state index in [2.05, 4.69) is 7.05 Å². The number of epoxide rings is 1. The van der Waals surface area contributed by atoms with Crippen LogP contribution in [0.3, 0.4) is 0 Å². The van der Waals surface area contributed by atoms with Gasteiger partial charge in [-0.3, -0.25) is 0 Å². The van der Waals surface area contributed by atoms with Crippen molar-refractivity contribution in [2.45, 2.75) is 30.8 Å². The molecule has 2 rings (SSSR count). The van der Waals surface area contributed by atoms with Gasteiger partial charge in [0.15, 0.2) is 6.10 Å². The van der Waals surface area contributed by atoms with Crippen molar-refractivity contribution in [1.82, 2.24) is 0 Å². The average Bonchev–Trinajstić information content (AvgIpc) is 2.74. The van der Waals surface area contributed by atoms with Crippen LogP contribution in [0.5, 0.6) is 0 Å². The molecule has 4 unspecified atom stereocenters. The number of nitrogens with two attached hydrogens (primary N) is 1. The molecule has 0 bridgehead atoms. The van der Waals surface area contributed by atoms with E-state index < -0.39 is 11.7 Å². The van der Waals surface area contributed by atoms with E-state index in [1.54, 1.807) is 18.3 Å². The summed E-state index contributed by atoms with van der Waals surface area (Å²) in [7, 11) is 3.60. The van der Waals surface area contributed by atoms with Gasteiger partial charge in [0.1, 0.15) is 17.4 Å². The summed E-state index contributed by atoms with van der Waals surface area (Å²) in [4.78, 5) is 0. The third-order valence-corrected chi connectivity index (χ3v) is 2.58. The minimum Gasteiger partial charge on any atom is -0.447 e. The van der Waals surface area contributed by atoms with Crippen molar-refractivity contribution in [2.75, 3.05) is 0 Å². The minimum absolute atomic E-state index is 0.0397. The first-order chi connectivity index (χ1) is 5.59. The minimum atomic E-state index is -1.20. The highest BCUT2D eigenvalue weighted by atomic mass is 16.6. The standard InChI is InChI=1S/C8H13NO3/c1-4(10)8(11)3-5(9-2)6-7(8)12-6/h3-4,6-7,10-11H,2,9H2,1H3. The van der Waals surface area contributed by atoms with Gasteiger partial charge in [0, 0.05) is 6.08 Å². The molecule has 4 nitrogen and oxygen atoms in total. The van der Waals surface area contributed by atoms with Gasteiger partial charge in [-0.15, -0.1) is 7.05 Å². The lowest BCUT2D eigenvalue weighted by Crippen LogP contribution is -2.75. The lowest BCUT2D eigenvalue weighted by atomic mass is 9.97. The zero-order valence-corrected chi connectivity index (χ0v) is 6.90. The summed E-state index contributed by atoms with van der Waals surface area (Å²) in [5, 5.41) is 20.9. The number of fused-ring (bicyclic) bond motifs is 1. The molecule has 1 fully saturated rings. The van der Waals surface area contributed by atoms with Gasteiger partial charge in [-0.25, -0.2) is 0 Å². The van der Waals surface area contributed by atoms with Crippen LogP contribution in [0, 0.1) is 7.05 Å². The van der Waals surface area contributed by atoms with Crippen LogP contribution in [-0.4, -0.2) is 34.1 Å². The van der Waals surface area contributed by atoms with E-state index in [1.165, 1.54) is 0 Å². The van der Waals surface area contributed by atoms with E-state index in [1.807, 2.05) is 0 Å². The molecule has 0 spiro atoms. The second-order valence-corrected chi connectivity index (χ2v) is 3.39. The molecule has 0 aromatic heterocycles. The number of hydrogen-bond acceptors (Lipinski definition) is 3. The molecule has 0 aromatic rings. The number of rotatable bonds is 2. The van der Waals surface area contributed by atoms with E-state index >= 15 is 0 Å². The monoisotopic (exact) mass is 171 g/mol. The number of aliphatic hydroxyl groups excluding tert-OH is 1. The summed E-state index contributed by atoms with van der Waals surface area (Å²) in [6.45, 7) is 1.56. The van der Waals surface area contributed by atoms with Crippen molar-refractivity contribution in [3.8, 4) is 0 Å². The van der Waals surface area contributed by atoms with Crippen molar-refractivity contribution in [2.24, 2.45) is 0 Å². The third kappa shape index (κ3) is 0.863. The highest BCUT2D eigenvalue weighted by Gasteiger charge is 2.63. The molecule has 1 saturated heterocycles. The quantitative estimate of drug-likeness (QED) is 0.336. The highest BCUT2D eigenvalue weighted by molar-refractivity contribution is 5.31. The SMILES string of the molecule is [CH2-][NH2+]C1=CC(O)(C(C)O)C2OC12. The van der Waals surface area contributed by atoms with E-state index in [4.69, 9.17) is 4.74 Å². The molecule has 0 saturated carbocycles. The Morgan fingerprint density at radius 3 is 2.83 bits per heavy atom. The fourth-order valence-electron chi connectivity index (χ4n) is 1.68. The maximum atomic E-state index is 9.88. The third-order valence-electron chi connectivity index (χ3n) is 2.58. The molecule has 4 heteroatoms. The van der Waals surface area contributed by atoms with Crippen LogP contribution >= 0.6 is 0 Å². The van der Waals surface area contributed by atoms with Gasteiger partial charge in [0.05, 0.1) is 6.10 Å². The predicted octanol–water partition coefficient (Wildman–Crippen LogP) is -1.88. The summed E-state index contributed by atoms with van der Waals surface area (Å²) >= 11 is 0. The van der Waals surface area contributed by atoms with Crippen LogP contribution in [0.25, 0.3) is 0 Å². The van der Waals surface area contributed by atoms with Gasteiger partial charge < -0.3 is 20.3 Å². The van der Waals surface area contributed by atoms with Crippen molar-refractivity contribution in [1.29, 1.82) is 0 Å². The van der Waals surface area contributed by atoms with E-state index in [-0.39, 0.29) is 12.2 Å². The van der Waals surface area contributed by atoms with Crippen LogP contribution in [0.1, 0.15) is 6.92 Å². The van der Waals surface area contributed by atoms with Gasteiger partial charge in [-0.1, -0.05) is 0 Å². The molecular formula is C8H13NO3. The van der Waals surface area contributed by atoms with Crippen molar-refractivity contribution in [3.63, 3.8) is 0 Å². The molecule has 1 aliphatic heterocycles. The fourth-order valence-corrected chi connectivity index (χ4v) is 1.68. The molecule has 4 atom stereocenters. The molecule has 0 amide bonds. The molecule has 68 valence electrons. The van der Waals surface area contributed by atoms with Crippen molar-refractivity contribution >= 4 is 0 Å². The van der Waals surface area contributed by atoms with Crippen molar-refractivity contribution < 1.29 is 20.3 Å². The number of quaternary nitrogens is 1. The van der Waals surface area contributed by atoms with Crippen LogP contribution in [0.2, 0.25) is 0 Å². The summed E-state index contributed by atoms with van der Waals surface area (Å²) in [5.74, 6) is 0. The predicted molar refractivity (Wildman–Crippen MR) is 40.7 cm³/mol. The molecule has 4 N–H and O–H groups in total. The normalized spacial score (nSPS) is 46.8. The Morgan fingerprint density at radius 2 is 2.50 bits per heavy atom. The zero-order chi connectivity index (χ0) is 8.93. The molecule has 0 aromatic carbocycles. The number of ether oxygens (including phenoxy) is 1. The number of hydrogen-bond donors (Lipinski definition) is 3. The molecule has 1 aliphatic carbocycles. The molecule has 12 heavy (non-hydrogen) atoms. The van der Waals surface area contributed by atoms with Crippen LogP contribution in [0.15, 0.2) is 11.8 Å². The van der Waals surface area contributed by atoms with Crippen LogP contribution in [-0.2, 0) is 4.74 Å². The maximum absolute atomic E-state index is 9.88. The topological polar surface area (TPSA) is 69.6 Å². The molecule has 2 aliphatic rings. The van der Waals surface area contributed by atoms with E-state index in [9.17, 15) is 10.2 Å². The van der Waals surface area contributed by atoms with E-state index in [0.29, 0.717) is 0 Å². The Morgan fingerprint density at radius 1 is 1.83 bits per heavy atom. The largest absolute Gasteiger partial charge is 0.447 e. The Kier molecular flexibility index (Phi) is 1.56. The van der Waals surface area contributed by atoms with Gasteiger partial charge in [-0.2, -0.15) is 0 Å².